The van der Waals surface area contributed by atoms with Crippen molar-refractivity contribution >= 4 is 5.69 Å². The average Bonchev–Trinajstić information content (AvgIpc) is 2.53. The number of halogens is 1. The lowest BCUT2D eigenvalue weighted by Gasteiger charge is -2.12. The number of ether oxygens (including phenoxy) is 1. The van der Waals surface area contributed by atoms with E-state index >= 15 is 0 Å². The van der Waals surface area contributed by atoms with Gasteiger partial charge in [-0.3, -0.25) is 10.1 Å². The van der Waals surface area contributed by atoms with Gasteiger partial charge in [0.25, 0.3) is 0 Å². The lowest BCUT2D eigenvalue weighted by molar-refractivity contribution is -0.386. The molecule has 2 aromatic rings. The van der Waals surface area contributed by atoms with Crippen molar-refractivity contribution in [2.24, 2.45) is 0 Å². The summed E-state index contributed by atoms with van der Waals surface area (Å²) in [6.07, 6.45) is -1.06. The molecule has 0 radical (unpaired) electrons. The largest absolute Gasteiger partial charge is 0.484 e. The molecule has 0 spiro atoms. The van der Waals surface area contributed by atoms with Crippen molar-refractivity contribution in [3.63, 3.8) is 0 Å². The summed E-state index contributed by atoms with van der Waals surface area (Å²) in [7, 11) is 0. The van der Waals surface area contributed by atoms with Gasteiger partial charge in [0.05, 0.1) is 16.6 Å². The van der Waals surface area contributed by atoms with Crippen LogP contribution in [0.5, 0.6) is 5.75 Å². The molecule has 2 aromatic carbocycles. The van der Waals surface area contributed by atoms with Gasteiger partial charge in [-0.1, -0.05) is 12.1 Å². The van der Waals surface area contributed by atoms with Crippen LogP contribution < -0.4 is 4.74 Å². The number of aliphatic hydroxyl groups excluding tert-OH is 1. The van der Waals surface area contributed by atoms with E-state index in [9.17, 15) is 19.6 Å². The van der Waals surface area contributed by atoms with Crippen LogP contribution in [0.25, 0.3) is 0 Å². The van der Waals surface area contributed by atoms with Crippen LogP contribution in [0.4, 0.5) is 10.1 Å². The van der Waals surface area contributed by atoms with Gasteiger partial charge in [-0.15, -0.1) is 0 Å². The lowest BCUT2D eigenvalue weighted by Crippen LogP contribution is -2.10. The number of rotatable bonds is 5. The van der Waals surface area contributed by atoms with Crippen molar-refractivity contribution in [3.8, 4) is 11.8 Å². The highest BCUT2D eigenvalue weighted by Gasteiger charge is 2.18. The van der Waals surface area contributed by atoms with Crippen LogP contribution >= 0.6 is 0 Å². The van der Waals surface area contributed by atoms with Crippen LogP contribution in [0.1, 0.15) is 17.2 Å². The second-order valence-corrected chi connectivity index (χ2v) is 4.43. The molecule has 7 heteroatoms. The van der Waals surface area contributed by atoms with Crippen molar-refractivity contribution < 1.29 is 19.2 Å². The molecule has 6 nitrogen and oxygen atoms in total. The van der Waals surface area contributed by atoms with E-state index in [4.69, 9.17) is 10.00 Å². The molecular formula is C15H11FN2O4. The molecule has 1 atom stereocenters. The van der Waals surface area contributed by atoms with Gasteiger partial charge in [-0.2, -0.15) is 5.26 Å². The maximum absolute atomic E-state index is 12.8. The van der Waals surface area contributed by atoms with Crippen LogP contribution in [0, 0.1) is 27.3 Å². The van der Waals surface area contributed by atoms with E-state index in [2.05, 4.69) is 0 Å². The van der Waals surface area contributed by atoms with Crippen molar-refractivity contribution in [2.45, 2.75) is 6.10 Å². The molecule has 1 N–H and O–H groups in total. The van der Waals surface area contributed by atoms with Gasteiger partial charge in [0.2, 0.25) is 0 Å². The van der Waals surface area contributed by atoms with E-state index in [1.807, 2.05) is 0 Å². The molecular weight excluding hydrogens is 291 g/mol. The average molecular weight is 302 g/mol. The summed E-state index contributed by atoms with van der Waals surface area (Å²) in [6.45, 7) is -0.238. The Morgan fingerprint density at radius 3 is 2.59 bits per heavy atom. The molecule has 0 bridgehead atoms. The molecule has 0 aliphatic heterocycles. The molecule has 0 saturated carbocycles. The predicted octanol–water partition coefficient (Wildman–Crippen LogP) is 2.72. The fourth-order valence-corrected chi connectivity index (χ4v) is 1.80. The van der Waals surface area contributed by atoms with E-state index in [1.54, 1.807) is 6.07 Å². The van der Waals surface area contributed by atoms with Gasteiger partial charge < -0.3 is 9.84 Å². The quantitative estimate of drug-likeness (QED) is 0.676. The van der Waals surface area contributed by atoms with E-state index in [-0.39, 0.29) is 23.6 Å². The Hall–Kier alpha value is -2.98. The Bertz CT molecular complexity index is 725. The molecule has 2 rings (SSSR count). The van der Waals surface area contributed by atoms with Gasteiger partial charge in [-0.25, -0.2) is 4.39 Å². The molecule has 0 aliphatic carbocycles. The highest BCUT2D eigenvalue weighted by Crippen LogP contribution is 2.28. The van der Waals surface area contributed by atoms with Crippen LogP contribution in [-0.4, -0.2) is 16.6 Å². The number of hydrogen-bond donors (Lipinski definition) is 1. The van der Waals surface area contributed by atoms with Gasteiger partial charge in [0.15, 0.2) is 5.75 Å². The standard InChI is InChI=1S/C15H11FN2O4/c16-12-4-2-11(3-5-12)14(19)9-22-15-6-1-10(8-17)7-13(15)18(20)21/h1-7,14,19H,9H2. The summed E-state index contributed by atoms with van der Waals surface area (Å²) in [5.74, 6) is -0.482. The summed E-state index contributed by atoms with van der Waals surface area (Å²) in [5.41, 5.74) is 0.209. The van der Waals surface area contributed by atoms with E-state index in [1.165, 1.54) is 36.4 Å². The number of nitro groups is 1. The fraction of sp³-hybridized carbons (Fsp3) is 0.133. The molecule has 0 heterocycles. The molecule has 0 saturated heterocycles. The smallest absolute Gasteiger partial charge is 0.312 e. The second-order valence-electron chi connectivity index (χ2n) is 4.43. The third kappa shape index (κ3) is 3.56. The maximum atomic E-state index is 12.8. The summed E-state index contributed by atoms with van der Waals surface area (Å²) in [6, 6.07) is 10.8. The molecule has 0 aromatic heterocycles. The molecule has 1 unspecified atom stereocenters. The number of nitro benzene ring substituents is 1. The minimum Gasteiger partial charge on any atom is -0.484 e. The molecule has 112 valence electrons. The second kappa shape index (κ2) is 6.65. The molecule has 22 heavy (non-hydrogen) atoms. The fourth-order valence-electron chi connectivity index (χ4n) is 1.80. The van der Waals surface area contributed by atoms with Crippen molar-refractivity contribution in [1.82, 2.24) is 0 Å². The van der Waals surface area contributed by atoms with Gasteiger partial charge >= 0.3 is 5.69 Å². The van der Waals surface area contributed by atoms with Crippen LogP contribution in [0.15, 0.2) is 42.5 Å². The SMILES string of the molecule is N#Cc1ccc(OCC(O)c2ccc(F)cc2)c([N+](=O)[O-])c1. The predicted molar refractivity (Wildman–Crippen MR) is 74.7 cm³/mol. The Labute approximate surface area is 125 Å². The normalized spacial score (nSPS) is 11.5. The minimum absolute atomic E-state index is 0.0508. The van der Waals surface area contributed by atoms with Crippen molar-refractivity contribution in [1.29, 1.82) is 5.26 Å². The maximum Gasteiger partial charge on any atom is 0.312 e. The van der Waals surface area contributed by atoms with Crippen LogP contribution in [-0.2, 0) is 0 Å². The zero-order chi connectivity index (χ0) is 16.1. The summed E-state index contributed by atoms with van der Waals surface area (Å²) in [5, 5.41) is 29.6. The topological polar surface area (TPSA) is 96.4 Å². The Kier molecular flexibility index (Phi) is 4.66. The van der Waals surface area contributed by atoms with Crippen molar-refractivity contribution in [2.75, 3.05) is 6.61 Å². The summed E-state index contributed by atoms with van der Waals surface area (Å²) >= 11 is 0. The zero-order valence-corrected chi connectivity index (χ0v) is 11.3. The first kappa shape index (κ1) is 15.4. The Morgan fingerprint density at radius 2 is 2.00 bits per heavy atom. The number of hydrogen-bond acceptors (Lipinski definition) is 5. The Morgan fingerprint density at radius 1 is 1.32 bits per heavy atom. The Balaban J connectivity index is 2.12. The van der Waals surface area contributed by atoms with Gasteiger partial charge in [-0.05, 0) is 29.8 Å². The third-order valence-electron chi connectivity index (χ3n) is 2.94. The van der Waals surface area contributed by atoms with Crippen molar-refractivity contribution in [3.05, 3.63) is 69.5 Å². The number of nitriles is 1. The molecule has 0 fully saturated rings. The number of aliphatic hydroxyl groups is 1. The monoisotopic (exact) mass is 302 g/mol. The summed E-state index contributed by atoms with van der Waals surface area (Å²) in [4.78, 5) is 10.3. The third-order valence-corrected chi connectivity index (χ3v) is 2.94. The highest BCUT2D eigenvalue weighted by molar-refractivity contribution is 5.51. The minimum atomic E-state index is -1.06. The zero-order valence-electron chi connectivity index (χ0n) is 11.3. The number of nitrogens with zero attached hydrogens (tertiary/aromatic N) is 2. The molecule has 0 aliphatic rings. The van der Waals surface area contributed by atoms with Crippen LogP contribution in [0.3, 0.4) is 0 Å². The summed E-state index contributed by atoms with van der Waals surface area (Å²) < 4.78 is 18.0. The highest BCUT2D eigenvalue weighted by atomic mass is 19.1. The van der Waals surface area contributed by atoms with E-state index < -0.39 is 16.8 Å². The van der Waals surface area contributed by atoms with E-state index in [0.717, 1.165) is 6.07 Å². The van der Waals surface area contributed by atoms with E-state index in [0.29, 0.717) is 5.56 Å². The number of benzene rings is 2. The first-order valence-corrected chi connectivity index (χ1v) is 6.26. The molecule has 0 amide bonds. The van der Waals surface area contributed by atoms with Crippen LogP contribution in [0.2, 0.25) is 0 Å². The van der Waals surface area contributed by atoms with Gasteiger partial charge in [0, 0.05) is 6.07 Å². The first-order valence-electron chi connectivity index (χ1n) is 6.26. The first-order chi connectivity index (χ1) is 10.5. The lowest BCUT2D eigenvalue weighted by atomic mass is 10.1. The van der Waals surface area contributed by atoms with Gasteiger partial charge in [0.1, 0.15) is 18.5 Å².